The molecule has 1 aromatic heterocycles. The topological polar surface area (TPSA) is 226 Å². The number of nitrogens with one attached hydrogen (secondary N) is 3. The fourth-order valence-electron chi connectivity index (χ4n) is 6.37. The van der Waals surface area contributed by atoms with Crippen LogP contribution in [0.25, 0.3) is 10.8 Å². The molecule has 0 radical (unpaired) electrons. The van der Waals surface area contributed by atoms with Gasteiger partial charge < -0.3 is 45.3 Å². The number of carbonyl (C=O) groups excluding carboxylic acids is 2. The Hall–Kier alpha value is -5.78. The number of sulfonamides is 1. The number of carbonyl (C=O) groups is 2. The Morgan fingerprint density at radius 3 is 2.17 bits per heavy atom. The van der Waals surface area contributed by atoms with Crippen LogP contribution in [0.4, 0.5) is 21.9 Å². The summed E-state index contributed by atoms with van der Waals surface area (Å²) < 4.78 is 44.2. The van der Waals surface area contributed by atoms with Crippen LogP contribution in [0.5, 0.6) is 23.0 Å². The van der Waals surface area contributed by atoms with E-state index in [-0.39, 0.29) is 41.2 Å². The Morgan fingerprint density at radius 1 is 0.814 bits per heavy atom. The zero-order valence-corrected chi connectivity index (χ0v) is 34.5. The fraction of sp³-hybridized carbons (Fsp3) is 0.326. The third-order valence-corrected chi connectivity index (χ3v) is 10.0. The van der Waals surface area contributed by atoms with E-state index in [1.54, 1.807) is 60.8 Å². The molecular formula is C43H50N4O11S. The summed E-state index contributed by atoms with van der Waals surface area (Å²) in [5.41, 5.74) is 3.10. The number of ketones is 1. The Balaban J connectivity index is 1.31. The quantitative estimate of drug-likeness (QED) is 0.0537. The number of pyridine rings is 1. The molecule has 0 saturated heterocycles. The molecule has 0 saturated carbocycles. The van der Waals surface area contributed by atoms with Crippen molar-refractivity contribution in [1.29, 1.82) is 0 Å². The Labute approximate surface area is 343 Å². The van der Waals surface area contributed by atoms with Crippen LogP contribution in [-0.4, -0.2) is 91.0 Å². The summed E-state index contributed by atoms with van der Waals surface area (Å²) in [7, 11) is -0.828. The first kappa shape index (κ1) is 44.3. The van der Waals surface area contributed by atoms with Gasteiger partial charge in [0.15, 0.2) is 11.5 Å². The summed E-state index contributed by atoms with van der Waals surface area (Å²) in [6.07, 6.45) is -1.72. The first-order chi connectivity index (χ1) is 27.9. The standard InChI is InChI=1S/C43H50N4O11S/c1-43(2,3)26-21-33(41(57-5)34(22-26)47-59(6,54)55)46-42(53)45-32-13-16-38(30-10-8-7-9-29(30)32)58-28-17-18-44-27(23-28)19-25-11-12-31(39(20-25)56-4)35(49)14-15-36(50)40(52)37(51)24-48/h7-13,16-18,20-23,36-37,40,47-48,50-52H,14-15,19,24H2,1-6H3,(H2,45,46,53)/t36-,37+,40-/m0/s1. The molecule has 59 heavy (non-hydrogen) atoms. The van der Waals surface area contributed by atoms with E-state index in [9.17, 15) is 33.3 Å². The van der Waals surface area contributed by atoms with Crippen LogP contribution in [0.1, 0.15) is 60.8 Å². The SMILES string of the molecule is COc1cc(Cc2cc(Oc3ccc(NC(=O)Nc4cc(C(C)(C)C)cc(NS(C)(=O)=O)c4OC)c4ccccc34)ccn2)ccc1C(=O)CC[C@H](O)[C@H](O)[C@H](O)CO. The Kier molecular flexibility index (Phi) is 14.2. The lowest BCUT2D eigenvalue weighted by Crippen LogP contribution is -2.39. The van der Waals surface area contributed by atoms with E-state index < -0.39 is 41.0 Å². The minimum atomic E-state index is -3.66. The van der Waals surface area contributed by atoms with Gasteiger partial charge in [0, 0.05) is 41.6 Å². The number of ether oxygens (including phenoxy) is 3. The van der Waals surface area contributed by atoms with E-state index in [4.69, 9.17) is 19.3 Å². The van der Waals surface area contributed by atoms with Crippen LogP contribution in [0.2, 0.25) is 0 Å². The number of Topliss-reactive ketones (excluding diaryl/α,β-unsaturated/α-hetero) is 1. The molecule has 1 heterocycles. The van der Waals surface area contributed by atoms with Crippen molar-refractivity contribution in [1.82, 2.24) is 4.98 Å². The molecule has 4 aromatic carbocycles. The van der Waals surface area contributed by atoms with Gasteiger partial charge in [0.2, 0.25) is 10.0 Å². The number of aliphatic hydroxyl groups excluding tert-OH is 4. The number of hydrogen-bond donors (Lipinski definition) is 7. The van der Waals surface area contributed by atoms with Crippen LogP contribution in [0.15, 0.2) is 85.1 Å². The van der Waals surface area contributed by atoms with Crippen molar-refractivity contribution in [2.75, 3.05) is 42.4 Å². The predicted molar refractivity (Wildman–Crippen MR) is 226 cm³/mol. The van der Waals surface area contributed by atoms with Gasteiger partial charge in [-0.05, 0) is 65.4 Å². The number of aromatic nitrogens is 1. The number of anilines is 3. The summed E-state index contributed by atoms with van der Waals surface area (Å²) in [6, 6.07) is 22.3. The molecule has 314 valence electrons. The van der Waals surface area contributed by atoms with Crippen LogP contribution in [0, 0.1) is 0 Å². The lowest BCUT2D eigenvalue weighted by atomic mass is 9.86. The Morgan fingerprint density at radius 2 is 1.51 bits per heavy atom. The predicted octanol–water partition coefficient (Wildman–Crippen LogP) is 5.99. The van der Waals surface area contributed by atoms with E-state index in [1.165, 1.54) is 14.2 Å². The van der Waals surface area contributed by atoms with E-state index >= 15 is 0 Å². The number of amides is 2. The van der Waals surface area contributed by atoms with Gasteiger partial charge in [-0.25, -0.2) is 13.2 Å². The van der Waals surface area contributed by atoms with Crippen molar-refractivity contribution in [3.63, 3.8) is 0 Å². The van der Waals surface area contributed by atoms with Crippen LogP contribution in [0.3, 0.4) is 0 Å². The van der Waals surface area contributed by atoms with Crippen molar-refractivity contribution in [2.24, 2.45) is 0 Å². The summed E-state index contributed by atoms with van der Waals surface area (Å²) >= 11 is 0. The molecular weight excluding hydrogens is 781 g/mol. The molecule has 0 aliphatic heterocycles. The maximum atomic E-state index is 13.5. The number of rotatable bonds is 17. The smallest absolute Gasteiger partial charge is 0.323 e. The fourth-order valence-corrected chi connectivity index (χ4v) is 6.92. The number of fused-ring (bicyclic) bond motifs is 1. The largest absolute Gasteiger partial charge is 0.496 e. The molecule has 15 nitrogen and oxygen atoms in total. The molecule has 0 spiro atoms. The molecule has 3 atom stereocenters. The summed E-state index contributed by atoms with van der Waals surface area (Å²) in [6.45, 7) is 5.18. The molecule has 0 aliphatic carbocycles. The monoisotopic (exact) mass is 830 g/mol. The van der Waals surface area contributed by atoms with Crippen LogP contribution >= 0.6 is 0 Å². The van der Waals surface area contributed by atoms with Crippen molar-refractivity contribution in [2.45, 2.75) is 63.8 Å². The van der Waals surface area contributed by atoms with Crippen molar-refractivity contribution >= 4 is 49.7 Å². The number of benzene rings is 4. The van der Waals surface area contributed by atoms with E-state index in [2.05, 4.69) is 20.3 Å². The maximum Gasteiger partial charge on any atom is 0.323 e. The zero-order valence-electron chi connectivity index (χ0n) is 33.6. The lowest BCUT2D eigenvalue weighted by molar-refractivity contribution is -0.0780. The number of urea groups is 1. The van der Waals surface area contributed by atoms with Gasteiger partial charge in [-0.2, -0.15) is 0 Å². The van der Waals surface area contributed by atoms with E-state index in [0.717, 1.165) is 17.4 Å². The second-order valence-electron chi connectivity index (χ2n) is 15.0. The maximum absolute atomic E-state index is 13.5. The highest BCUT2D eigenvalue weighted by Crippen LogP contribution is 2.40. The highest BCUT2D eigenvalue weighted by molar-refractivity contribution is 7.92. The minimum Gasteiger partial charge on any atom is -0.496 e. The van der Waals surface area contributed by atoms with Gasteiger partial charge in [0.05, 0.1) is 55.8 Å². The zero-order chi connectivity index (χ0) is 43.1. The first-order valence-corrected chi connectivity index (χ1v) is 20.6. The molecule has 0 unspecified atom stereocenters. The van der Waals surface area contributed by atoms with Crippen molar-refractivity contribution in [3.8, 4) is 23.0 Å². The van der Waals surface area contributed by atoms with Gasteiger partial charge in [-0.15, -0.1) is 0 Å². The van der Waals surface area contributed by atoms with Crippen molar-refractivity contribution < 1.29 is 52.6 Å². The van der Waals surface area contributed by atoms with Crippen LogP contribution in [-0.2, 0) is 21.9 Å². The summed E-state index contributed by atoms with van der Waals surface area (Å²) in [4.78, 5) is 31.0. The number of hydrogen-bond acceptors (Lipinski definition) is 12. The number of methoxy groups -OCH3 is 2. The first-order valence-electron chi connectivity index (χ1n) is 18.7. The van der Waals surface area contributed by atoms with Gasteiger partial charge in [0.1, 0.15) is 29.5 Å². The van der Waals surface area contributed by atoms with E-state index in [1.807, 2.05) is 45.0 Å². The molecule has 0 bridgehead atoms. The molecule has 16 heteroatoms. The van der Waals surface area contributed by atoms with E-state index in [0.29, 0.717) is 51.4 Å². The highest BCUT2D eigenvalue weighted by Gasteiger charge is 2.26. The molecule has 2 amide bonds. The average molecular weight is 831 g/mol. The normalized spacial score (nSPS) is 13.3. The number of nitrogens with zero attached hydrogens (tertiary/aromatic N) is 1. The van der Waals surface area contributed by atoms with Crippen LogP contribution < -0.4 is 29.6 Å². The molecule has 0 aliphatic rings. The number of aliphatic hydroxyl groups is 4. The van der Waals surface area contributed by atoms with Crippen molar-refractivity contribution in [3.05, 3.63) is 107 Å². The van der Waals surface area contributed by atoms with Gasteiger partial charge >= 0.3 is 6.03 Å². The summed E-state index contributed by atoms with van der Waals surface area (Å²) in [5.74, 6) is 1.18. The van der Waals surface area contributed by atoms with Gasteiger partial charge in [-0.3, -0.25) is 14.5 Å². The lowest BCUT2D eigenvalue weighted by Gasteiger charge is -2.24. The minimum absolute atomic E-state index is 0.124. The molecule has 5 aromatic rings. The Bertz CT molecular complexity index is 2420. The molecule has 5 rings (SSSR count). The third kappa shape index (κ3) is 11.5. The second-order valence-corrected chi connectivity index (χ2v) is 16.8. The van der Waals surface area contributed by atoms with Gasteiger partial charge in [0.25, 0.3) is 0 Å². The third-order valence-electron chi connectivity index (χ3n) is 9.45. The highest BCUT2D eigenvalue weighted by atomic mass is 32.2. The second kappa shape index (κ2) is 18.9. The molecule has 7 N–H and O–H groups in total. The average Bonchev–Trinajstić information content (AvgIpc) is 3.19. The summed E-state index contributed by atoms with van der Waals surface area (Å²) in [5, 5.41) is 45.7. The van der Waals surface area contributed by atoms with Gasteiger partial charge in [-0.1, -0.05) is 51.1 Å². The molecule has 0 fully saturated rings.